The van der Waals surface area contributed by atoms with Crippen molar-refractivity contribution >= 4 is 17.5 Å². The minimum atomic E-state index is -1.11. The Kier molecular flexibility index (Phi) is 4.16. The van der Waals surface area contributed by atoms with E-state index in [1.807, 2.05) is 0 Å². The average Bonchev–Trinajstić information content (AvgIpc) is 2.95. The van der Waals surface area contributed by atoms with Gasteiger partial charge < -0.3 is 16.0 Å². The third-order valence-electron chi connectivity index (χ3n) is 3.21. The molecule has 1 aliphatic heterocycles. The van der Waals surface area contributed by atoms with Crippen LogP contribution >= 0.6 is 0 Å². The van der Waals surface area contributed by atoms with Crippen LogP contribution in [0.3, 0.4) is 0 Å². The van der Waals surface area contributed by atoms with Crippen molar-refractivity contribution in [2.75, 3.05) is 25.4 Å². The highest BCUT2D eigenvalue weighted by atomic mass is 19.1. The summed E-state index contributed by atoms with van der Waals surface area (Å²) >= 11 is 0. The van der Waals surface area contributed by atoms with Crippen LogP contribution in [0.25, 0.3) is 0 Å². The Morgan fingerprint density at radius 3 is 2.55 bits per heavy atom. The Morgan fingerprint density at radius 2 is 1.90 bits per heavy atom. The van der Waals surface area contributed by atoms with Gasteiger partial charge in [-0.2, -0.15) is 0 Å². The van der Waals surface area contributed by atoms with Crippen LogP contribution in [-0.4, -0.2) is 36.3 Å². The van der Waals surface area contributed by atoms with Crippen molar-refractivity contribution < 1.29 is 18.4 Å². The Labute approximate surface area is 114 Å². The zero-order valence-electron chi connectivity index (χ0n) is 10.8. The maximum atomic E-state index is 13.6. The number of hydrogen-bond acceptors (Lipinski definition) is 3. The number of rotatable bonds is 3. The fraction of sp³-hybridized carbons (Fsp3) is 0.385. The largest absolute Gasteiger partial charge is 0.396 e. The number of carbonyl (C=O) groups excluding carboxylic acids is 2. The second-order valence-electron chi connectivity index (χ2n) is 4.60. The van der Waals surface area contributed by atoms with Crippen LogP contribution in [0.5, 0.6) is 0 Å². The van der Waals surface area contributed by atoms with Crippen LogP contribution in [0.15, 0.2) is 12.1 Å². The number of likely N-dealkylation sites (tertiary alicyclic amines) is 1. The smallest absolute Gasteiger partial charge is 0.257 e. The number of nitrogens with two attached hydrogens (primary N) is 1. The lowest BCUT2D eigenvalue weighted by Gasteiger charge is -2.15. The van der Waals surface area contributed by atoms with Gasteiger partial charge in [-0.1, -0.05) is 0 Å². The van der Waals surface area contributed by atoms with Gasteiger partial charge in [-0.25, -0.2) is 8.78 Å². The molecule has 1 heterocycles. The predicted molar refractivity (Wildman–Crippen MR) is 68.9 cm³/mol. The molecule has 1 aromatic rings. The zero-order valence-corrected chi connectivity index (χ0v) is 10.8. The number of halogens is 2. The van der Waals surface area contributed by atoms with Crippen molar-refractivity contribution in [3.63, 3.8) is 0 Å². The van der Waals surface area contributed by atoms with Crippen LogP contribution < -0.4 is 11.1 Å². The monoisotopic (exact) mass is 283 g/mol. The van der Waals surface area contributed by atoms with Crippen molar-refractivity contribution in [1.82, 2.24) is 10.2 Å². The van der Waals surface area contributed by atoms with Gasteiger partial charge in [0.05, 0.1) is 12.2 Å². The summed E-state index contributed by atoms with van der Waals surface area (Å²) in [4.78, 5) is 25.1. The third-order valence-corrected chi connectivity index (χ3v) is 3.21. The summed E-state index contributed by atoms with van der Waals surface area (Å²) in [6.07, 6.45) is 1.86. The molecular weight excluding hydrogens is 268 g/mol. The highest BCUT2D eigenvalue weighted by molar-refractivity contribution is 5.97. The van der Waals surface area contributed by atoms with Crippen LogP contribution in [0.2, 0.25) is 0 Å². The van der Waals surface area contributed by atoms with Gasteiger partial charge in [0.25, 0.3) is 5.91 Å². The van der Waals surface area contributed by atoms with Crippen molar-refractivity contribution in [2.24, 2.45) is 0 Å². The molecule has 1 saturated heterocycles. The van der Waals surface area contributed by atoms with Gasteiger partial charge >= 0.3 is 0 Å². The molecule has 0 aromatic heterocycles. The minimum Gasteiger partial charge on any atom is -0.396 e. The van der Waals surface area contributed by atoms with Gasteiger partial charge in [-0.05, 0) is 25.0 Å². The second-order valence-corrected chi connectivity index (χ2v) is 4.60. The van der Waals surface area contributed by atoms with Crippen LogP contribution in [-0.2, 0) is 4.79 Å². The quantitative estimate of drug-likeness (QED) is 0.809. The Bertz CT molecular complexity index is 543. The highest BCUT2D eigenvalue weighted by Crippen LogP contribution is 2.18. The number of nitrogens with zero attached hydrogens (tertiary/aromatic N) is 1. The molecule has 1 aliphatic rings. The third kappa shape index (κ3) is 2.87. The average molecular weight is 283 g/mol. The number of amides is 2. The normalized spacial score (nSPS) is 14.4. The number of nitrogens with one attached hydrogen (secondary N) is 1. The van der Waals surface area contributed by atoms with E-state index in [2.05, 4.69) is 5.32 Å². The summed E-state index contributed by atoms with van der Waals surface area (Å²) < 4.78 is 27.1. The molecule has 0 bridgehead atoms. The van der Waals surface area contributed by atoms with Gasteiger partial charge in [0, 0.05) is 13.1 Å². The van der Waals surface area contributed by atoms with Crippen LogP contribution in [0, 0.1) is 11.6 Å². The summed E-state index contributed by atoms with van der Waals surface area (Å²) in [5.41, 5.74) is 4.20. The van der Waals surface area contributed by atoms with E-state index >= 15 is 0 Å². The molecule has 0 atom stereocenters. The van der Waals surface area contributed by atoms with Gasteiger partial charge in [0.1, 0.15) is 11.4 Å². The first-order chi connectivity index (χ1) is 9.50. The number of hydrogen-bond donors (Lipinski definition) is 2. The molecule has 20 heavy (non-hydrogen) atoms. The standard InChI is InChI=1S/C13H15F2N3O2/c14-8-3-4-9(16)12(15)11(8)13(20)17-7-10(19)18-5-1-2-6-18/h3-4H,1-2,5-7,16H2,(H,17,20). The summed E-state index contributed by atoms with van der Waals surface area (Å²) in [6, 6.07) is 1.95. The molecule has 108 valence electrons. The fourth-order valence-electron chi connectivity index (χ4n) is 2.10. The zero-order chi connectivity index (χ0) is 14.7. The molecule has 0 radical (unpaired) electrons. The van der Waals surface area contributed by atoms with E-state index in [4.69, 9.17) is 5.73 Å². The van der Waals surface area contributed by atoms with E-state index < -0.39 is 23.1 Å². The second kappa shape index (κ2) is 5.85. The van der Waals surface area contributed by atoms with E-state index in [0.29, 0.717) is 13.1 Å². The maximum Gasteiger partial charge on any atom is 0.257 e. The van der Waals surface area contributed by atoms with E-state index in [0.717, 1.165) is 25.0 Å². The molecule has 0 unspecified atom stereocenters. The van der Waals surface area contributed by atoms with Gasteiger partial charge in [0.2, 0.25) is 5.91 Å². The van der Waals surface area contributed by atoms with Crippen molar-refractivity contribution in [2.45, 2.75) is 12.8 Å². The Morgan fingerprint density at radius 1 is 1.25 bits per heavy atom. The predicted octanol–water partition coefficient (Wildman–Crippen LogP) is 0.899. The molecule has 0 spiro atoms. The molecule has 0 saturated carbocycles. The number of carbonyl (C=O) groups is 2. The lowest BCUT2D eigenvalue weighted by Crippen LogP contribution is -2.39. The highest BCUT2D eigenvalue weighted by Gasteiger charge is 2.22. The van der Waals surface area contributed by atoms with Gasteiger partial charge in [-0.3, -0.25) is 9.59 Å². The first kappa shape index (κ1) is 14.2. The number of anilines is 1. The van der Waals surface area contributed by atoms with E-state index in [9.17, 15) is 18.4 Å². The van der Waals surface area contributed by atoms with Crippen molar-refractivity contribution in [3.8, 4) is 0 Å². The Balaban J connectivity index is 2.02. The summed E-state index contributed by atoms with van der Waals surface area (Å²) in [6.45, 7) is 1.01. The summed E-state index contributed by atoms with van der Waals surface area (Å²) in [5, 5.41) is 2.22. The molecular formula is C13H15F2N3O2. The van der Waals surface area contributed by atoms with Gasteiger partial charge in [-0.15, -0.1) is 0 Å². The maximum absolute atomic E-state index is 13.6. The molecule has 1 fully saturated rings. The number of nitrogen functional groups attached to an aromatic ring is 1. The van der Waals surface area contributed by atoms with Gasteiger partial charge in [0.15, 0.2) is 5.82 Å². The SMILES string of the molecule is Nc1ccc(F)c(C(=O)NCC(=O)N2CCCC2)c1F. The Hall–Kier alpha value is -2.18. The molecule has 2 amide bonds. The molecule has 1 aromatic carbocycles. The van der Waals surface area contributed by atoms with E-state index in [-0.39, 0.29) is 18.1 Å². The first-order valence-electron chi connectivity index (χ1n) is 6.30. The first-order valence-corrected chi connectivity index (χ1v) is 6.30. The molecule has 5 nitrogen and oxygen atoms in total. The number of benzene rings is 1. The lowest BCUT2D eigenvalue weighted by molar-refractivity contribution is -0.129. The molecule has 0 aliphatic carbocycles. The molecule has 2 rings (SSSR count). The fourth-order valence-corrected chi connectivity index (χ4v) is 2.10. The summed E-state index contributed by atoms with van der Waals surface area (Å²) in [7, 11) is 0. The topological polar surface area (TPSA) is 75.4 Å². The van der Waals surface area contributed by atoms with Crippen LogP contribution in [0.4, 0.5) is 14.5 Å². The molecule has 7 heteroatoms. The van der Waals surface area contributed by atoms with E-state index in [1.165, 1.54) is 0 Å². The molecule has 3 N–H and O–H groups in total. The summed E-state index contributed by atoms with van der Waals surface area (Å²) in [5.74, 6) is -3.38. The van der Waals surface area contributed by atoms with Crippen molar-refractivity contribution in [1.29, 1.82) is 0 Å². The van der Waals surface area contributed by atoms with Crippen LogP contribution in [0.1, 0.15) is 23.2 Å². The lowest BCUT2D eigenvalue weighted by atomic mass is 10.1. The minimum absolute atomic E-state index is 0.263. The van der Waals surface area contributed by atoms with E-state index in [1.54, 1.807) is 4.90 Å². The van der Waals surface area contributed by atoms with Crippen molar-refractivity contribution in [3.05, 3.63) is 29.3 Å².